The number of amides is 2. The van der Waals surface area contributed by atoms with Crippen molar-refractivity contribution in [1.29, 1.82) is 0 Å². The molecule has 0 unspecified atom stereocenters. The molecular formula is C25H26F3NO3S. The third-order valence-electron chi connectivity index (χ3n) is 5.46. The highest BCUT2D eigenvalue weighted by Gasteiger charge is 2.39. The van der Waals surface area contributed by atoms with E-state index in [2.05, 4.69) is 23.0 Å². The van der Waals surface area contributed by atoms with E-state index in [1.807, 2.05) is 0 Å². The second kappa shape index (κ2) is 11.6. The molecule has 0 aromatic heterocycles. The minimum atomic E-state index is -4.75. The van der Waals surface area contributed by atoms with Gasteiger partial charge in [-0.25, -0.2) is 0 Å². The Labute approximate surface area is 196 Å². The van der Waals surface area contributed by atoms with Gasteiger partial charge >= 0.3 is 5.51 Å². The lowest BCUT2D eigenvalue weighted by molar-refractivity contribution is -0.0570. The summed E-state index contributed by atoms with van der Waals surface area (Å²) >= 11 is -0.899. The zero-order valence-corrected chi connectivity index (χ0v) is 19.3. The van der Waals surface area contributed by atoms with Gasteiger partial charge in [0.15, 0.2) is 0 Å². The summed E-state index contributed by atoms with van der Waals surface area (Å²) < 4.78 is 41.9. The molecule has 0 fully saturated rings. The van der Waals surface area contributed by atoms with Crippen LogP contribution in [-0.4, -0.2) is 22.4 Å². The predicted octanol–water partition coefficient (Wildman–Crippen LogP) is 7.42. The van der Waals surface area contributed by atoms with Gasteiger partial charge in [-0.2, -0.15) is 17.5 Å². The summed E-state index contributed by atoms with van der Waals surface area (Å²) in [6, 6.07) is 7.98. The molecule has 0 aliphatic carbocycles. The van der Waals surface area contributed by atoms with E-state index in [0.717, 1.165) is 19.3 Å². The van der Waals surface area contributed by atoms with Gasteiger partial charge in [0.05, 0.1) is 11.1 Å². The Kier molecular flexibility index (Phi) is 8.81. The van der Waals surface area contributed by atoms with Gasteiger partial charge in [0.1, 0.15) is 12.0 Å². The molecule has 0 bridgehead atoms. The van der Waals surface area contributed by atoms with E-state index in [-0.39, 0.29) is 16.2 Å². The SMILES string of the molecule is CCCCCCCCCCC#Cc1ccc2c3c(cccc13)C(=O)N(OSC(F)(F)F)C2=O. The van der Waals surface area contributed by atoms with Gasteiger partial charge in [0.2, 0.25) is 0 Å². The van der Waals surface area contributed by atoms with Crippen LogP contribution in [0.5, 0.6) is 0 Å². The number of rotatable bonds is 10. The van der Waals surface area contributed by atoms with Crippen molar-refractivity contribution in [2.24, 2.45) is 0 Å². The third kappa shape index (κ3) is 6.52. The zero-order valence-electron chi connectivity index (χ0n) is 18.5. The van der Waals surface area contributed by atoms with Crippen LogP contribution in [-0.2, 0) is 4.28 Å². The molecule has 0 radical (unpaired) electrons. The van der Waals surface area contributed by atoms with E-state index < -0.39 is 29.4 Å². The summed E-state index contributed by atoms with van der Waals surface area (Å²) in [7, 11) is 0. The van der Waals surface area contributed by atoms with Crippen LogP contribution < -0.4 is 0 Å². The number of unbranched alkanes of at least 4 members (excludes halogenated alkanes) is 8. The summed E-state index contributed by atoms with van der Waals surface area (Å²) in [4.78, 5) is 25.3. The number of carbonyl (C=O) groups excluding carboxylic acids is 2. The Hall–Kier alpha value is -2.50. The normalized spacial score (nSPS) is 13.4. The molecule has 176 valence electrons. The molecule has 0 atom stereocenters. The smallest absolute Gasteiger partial charge is 0.266 e. The van der Waals surface area contributed by atoms with E-state index >= 15 is 0 Å². The van der Waals surface area contributed by atoms with Crippen molar-refractivity contribution in [2.75, 3.05) is 0 Å². The van der Waals surface area contributed by atoms with Gasteiger partial charge < -0.3 is 0 Å². The van der Waals surface area contributed by atoms with Gasteiger partial charge in [0, 0.05) is 17.4 Å². The van der Waals surface area contributed by atoms with E-state index in [0.29, 0.717) is 16.3 Å². The van der Waals surface area contributed by atoms with Crippen molar-refractivity contribution in [3.63, 3.8) is 0 Å². The fourth-order valence-corrected chi connectivity index (χ4v) is 4.13. The van der Waals surface area contributed by atoms with Crippen LogP contribution >= 0.6 is 12.0 Å². The molecule has 1 aliphatic heterocycles. The summed E-state index contributed by atoms with van der Waals surface area (Å²) in [5.74, 6) is 4.43. The summed E-state index contributed by atoms with van der Waals surface area (Å²) in [6.45, 7) is 2.21. The average Bonchev–Trinajstić information content (AvgIpc) is 2.78. The van der Waals surface area contributed by atoms with E-state index in [4.69, 9.17) is 0 Å². The van der Waals surface area contributed by atoms with Crippen LogP contribution in [0.2, 0.25) is 0 Å². The average molecular weight is 478 g/mol. The molecule has 1 heterocycles. The third-order valence-corrected chi connectivity index (χ3v) is 5.87. The number of hydrogen-bond acceptors (Lipinski definition) is 4. The van der Waals surface area contributed by atoms with Gasteiger partial charge in [-0.1, -0.05) is 75.8 Å². The van der Waals surface area contributed by atoms with E-state index in [9.17, 15) is 22.8 Å². The number of benzene rings is 2. The molecule has 0 N–H and O–H groups in total. The quantitative estimate of drug-likeness (QED) is 0.155. The molecule has 0 saturated heterocycles. The van der Waals surface area contributed by atoms with Gasteiger partial charge in [-0.05, 0) is 30.0 Å². The Bertz CT molecular complexity index is 1050. The van der Waals surface area contributed by atoms with Crippen molar-refractivity contribution in [3.05, 3.63) is 47.0 Å². The number of alkyl halides is 3. The lowest BCUT2D eigenvalue weighted by Gasteiger charge is -2.25. The predicted molar refractivity (Wildman–Crippen MR) is 123 cm³/mol. The van der Waals surface area contributed by atoms with Crippen molar-refractivity contribution in [3.8, 4) is 11.8 Å². The molecule has 2 amide bonds. The fraction of sp³-hybridized carbons (Fsp3) is 0.440. The van der Waals surface area contributed by atoms with Crippen LogP contribution in [0.3, 0.4) is 0 Å². The highest BCUT2D eigenvalue weighted by molar-refractivity contribution is 7.95. The largest absolute Gasteiger partial charge is 0.470 e. The van der Waals surface area contributed by atoms with Crippen LogP contribution in [0.1, 0.15) is 91.0 Å². The number of nitrogens with zero attached hydrogens (tertiary/aromatic N) is 1. The number of halogens is 3. The first-order valence-corrected chi connectivity index (χ1v) is 11.9. The standard InChI is InChI=1S/C25H26F3NO3S/c1-2-3-4-5-6-7-8-9-10-11-13-18-16-17-21-22-19(18)14-12-15-20(22)23(30)29(24(21)31)32-33-25(26,27)28/h12,14-17H,2-10H2,1H3. The Morgan fingerprint density at radius 2 is 1.55 bits per heavy atom. The Morgan fingerprint density at radius 1 is 0.909 bits per heavy atom. The monoisotopic (exact) mass is 477 g/mol. The first-order valence-electron chi connectivity index (χ1n) is 11.2. The molecule has 0 spiro atoms. The lowest BCUT2D eigenvalue weighted by Crippen LogP contribution is -2.39. The molecule has 3 rings (SSSR count). The minimum absolute atomic E-state index is 0.108. The lowest BCUT2D eigenvalue weighted by atomic mass is 9.92. The van der Waals surface area contributed by atoms with E-state index in [1.165, 1.54) is 50.7 Å². The highest BCUT2D eigenvalue weighted by atomic mass is 32.2. The number of imide groups is 1. The Morgan fingerprint density at radius 3 is 2.21 bits per heavy atom. The van der Waals surface area contributed by atoms with Crippen molar-refractivity contribution < 1.29 is 27.0 Å². The van der Waals surface area contributed by atoms with Gasteiger partial charge in [-0.3, -0.25) is 9.59 Å². The van der Waals surface area contributed by atoms with Crippen molar-refractivity contribution in [2.45, 2.75) is 70.2 Å². The van der Waals surface area contributed by atoms with Crippen LogP contribution in [0.15, 0.2) is 30.3 Å². The topological polar surface area (TPSA) is 46.6 Å². The van der Waals surface area contributed by atoms with Crippen LogP contribution in [0.25, 0.3) is 10.8 Å². The maximum Gasteiger partial charge on any atom is 0.470 e. The number of hydrogen-bond donors (Lipinski definition) is 0. The first kappa shape index (κ1) is 25.1. The summed E-state index contributed by atoms with van der Waals surface area (Å²) in [5, 5.41) is 1.17. The van der Waals surface area contributed by atoms with Crippen molar-refractivity contribution in [1.82, 2.24) is 5.06 Å². The maximum absolute atomic E-state index is 12.6. The molecule has 33 heavy (non-hydrogen) atoms. The second-order valence-electron chi connectivity index (χ2n) is 7.92. The van der Waals surface area contributed by atoms with Gasteiger partial charge in [-0.15, -0.1) is 5.06 Å². The molecule has 4 nitrogen and oxygen atoms in total. The Balaban J connectivity index is 1.69. The summed E-state index contributed by atoms with van der Waals surface area (Å²) in [5.41, 5.74) is -3.86. The molecule has 2 aromatic carbocycles. The molecule has 0 saturated carbocycles. The minimum Gasteiger partial charge on any atom is -0.266 e. The number of hydroxylamine groups is 2. The molecular weight excluding hydrogens is 451 g/mol. The molecule has 1 aliphatic rings. The maximum atomic E-state index is 12.6. The highest BCUT2D eigenvalue weighted by Crippen LogP contribution is 2.36. The first-order chi connectivity index (χ1) is 15.8. The molecule has 2 aromatic rings. The fourth-order valence-electron chi connectivity index (χ4n) is 3.84. The summed E-state index contributed by atoms with van der Waals surface area (Å²) in [6.07, 6.45) is 10.5. The number of carbonyl (C=O) groups is 2. The van der Waals surface area contributed by atoms with E-state index in [1.54, 1.807) is 18.2 Å². The zero-order chi connectivity index (χ0) is 23.8. The van der Waals surface area contributed by atoms with Crippen molar-refractivity contribution >= 4 is 34.6 Å². The van der Waals surface area contributed by atoms with Crippen LogP contribution in [0.4, 0.5) is 13.2 Å². The van der Waals surface area contributed by atoms with Crippen LogP contribution in [0, 0.1) is 11.8 Å². The molecule has 8 heteroatoms. The van der Waals surface area contributed by atoms with Gasteiger partial charge in [0.25, 0.3) is 11.8 Å². The second-order valence-corrected chi connectivity index (χ2v) is 8.70.